The highest BCUT2D eigenvalue weighted by atomic mass is 32.1. The number of hydrogen-bond acceptors (Lipinski definition) is 3. The first-order chi connectivity index (χ1) is 11.2. The van der Waals surface area contributed by atoms with Crippen LogP contribution in [-0.2, 0) is 0 Å². The third-order valence-corrected chi connectivity index (χ3v) is 3.44. The number of nitrogens with zero attached hydrogens (tertiary/aromatic N) is 1. The molecule has 0 spiro atoms. The molecule has 116 valence electrons. The second kappa shape index (κ2) is 6.93. The van der Waals surface area contributed by atoms with Gasteiger partial charge in [-0.15, -0.1) is 0 Å². The maximum atomic E-state index is 5.31. The zero-order valence-electron chi connectivity index (χ0n) is 12.5. The molecule has 0 atom stereocenters. The standard InChI is InChI=1S/C17H16N4OS/c1-22-14-9-5-8-13(10-14)18-17(23)19-16-11-15(20-21-16)12-6-3-2-4-7-12/h2-11H,1H3,(H3,18,19,20,21,23). The SMILES string of the molecule is COc1cccc(NC(=S)Nc2cc(-c3ccccc3)[nH]n2)c1. The number of H-pyrrole nitrogens is 1. The normalized spacial score (nSPS) is 10.1. The Hall–Kier alpha value is -2.86. The summed E-state index contributed by atoms with van der Waals surface area (Å²) in [6, 6.07) is 19.4. The van der Waals surface area contributed by atoms with Crippen LogP contribution in [0.2, 0.25) is 0 Å². The first-order valence-corrected chi connectivity index (χ1v) is 7.48. The predicted octanol–water partition coefficient (Wildman–Crippen LogP) is 3.89. The summed E-state index contributed by atoms with van der Waals surface area (Å²) in [6.07, 6.45) is 0. The van der Waals surface area contributed by atoms with E-state index in [4.69, 9.17) is 17.0 Å². The fraction of sp³-hybridized carbons (Fsp3) is 0.0588. The first kappa shape index (κ1) is 15.1. The molecule has 0 amide bonds. The summed E-state index contributed by atoms with van der Waals surface area (Å²) in [4.78, 5) is 0. The van der Waals surface area contributed by atoms with Crippen LogP contribution in [-0.4, -0.2) is 22.4 Å². The Morgan fingerprint density at radius 3 is 2.65 bits per heavy atom. The van der Waals surface area contributed by atoms with Crippen LogP contribution < -0.4 is 15.4 Å². The van der Waals surface area contributed by atoms with E-state index in [2.05, 4.69) is 20.8 Å². The lowest BCUT2D eigenvalue weighted by Gasteiger charge is -2.09. The Morgan fingerprint density at radius 2 is 1.87 bits per heavy atom. The number of rotatable bonds is 4. The molecule has 23 heavy (non-hydrogen) atoms. The van der Waals surface area contributed by atoms with E-state index >= 15 is 0 Å². The average Bonchev–Trinajstić information content (AvgIpc) is 3.04. The molecule has 0 aliphatic rings. The summed E-state index contributed by atoms with van der Waals surface area (Å²) >= 11 is 5.31. The second-order valence-corrected chi connectivity index (χ2v) is 5.25. The number of ether oxygens (including phenoxy) is 1. The predicted molar refractivity (Wildman–Crippen MR) is 96.9 cm³/mol. The number of benzene rings is 2. The molecule has 3 aromatic rings. The van der Waals surface area contributed by atoms with E-state index in [1.807, 2.05) is 60.7 Å². The third-order valence-electron chi connectivity index (χ3n) is 3.23. The number of aromatic nitrogens is 2. The molecule has 2 aromatic carbocycles. The zero-order chi connectivity index (χ0) is 16.1. The molecular formula is C17H16N4OS. The van der Waals surface area contributed by atoms with Crippen molar-refractivity contribution < 1.29 is 4.74 Å². The van der Waals surface area contributed by atoms with E-state index in [0.717, 1.165) is 22.7 Å². The Kier molecular flexibility index (Phi) is 4.54. The highest BCUT2D eigenvalue weighted by molar-refractivity contribution is 7.80. The molecular weight excluding hydrogens is 308 g/mol. The van der Waals surface area contributed by atoms with Gasteiger partial charge in [-0.05, 0) is 29.9 Å². The molecule has 6 heteroatoms. The van der Waals surface area contributed by atoms with Gasteiger partial charge in [0.05, 0.1) is 12.8 Å². The average molecular weight is 324 g/mol. The maximum absolute atomic E-state index is 5.31. The third kappa shape index (κ3) is 3.87. The van der Waals surface area contributed by atoms with Crippen LogP contribution in [0.25, 0.3) is 11.3 Å². The van der Waals surface area contributed by atoms with Gasteiger partial charge in [-0.1, -0.05) is 36.4 Å². The van der Waals surface area contributed by atoms with Gasteiger partial charge in [0.25, 0.3) is 0 Å². The fourth-order valence-corrected chi connectivity index (χ4v) is 2.35. The molecule has 0 aliphatic heterocycles. The molecule has 0 radical (unpaired) electrons. The minimum absolute atomic E-state index is 0.462. The van der Waals surface area contributed by atoms with Crippen molar-refractivity contribution in [2.24, 2.45) is 0 Å². The summed E-state index contributed by atoms with van der Waals surface area (Å²) in [6.45, 7) is 0. The molecule has 1 aromatic heterocycles. The van der Waals surface area contributed by atoms with Gasteiger partial charge in [0, 0.05) is 17.8 Å². The van der Waals surface area contributed by atoms with E-state index in [-0.39, 0.29) is 0 Å². The molecule has 0 aliphatic carbocycles. The van der Waals surface area contributed by atoms with Crippen molar-refractivity contribution in [1.29, 1.82) is 0 Å². The molecule has 1 heterocycles. The van der Waals surface area contributed by atoms with Gasteiger partial charge in [0.2, 0.25) is 0 Å². The van der Waals surface area contributed by atoms with Crippen molar-refractivity contribution >= 4 is 28.8 Å². The van der Waals surface area contributed by atoms with Crippen molar-refractivity contribution in [3.8, 4) is 17.0 Å². The van der Waals surface area contributed by atoms with Crippen molar-refractivity contribution in [3.63, 3.8) is 0 Å². The van der Waals surface area contributed by atoms with Crippen LogP contribution in [0, 0.1) is 0 Å². The second-order valence-electron chi connectivity index (χ2n) is 4.84. The van der Waals surface area contributed by atoms with Gasteiger partial charge in [0.1, 0.15) is 5.75 Å². The monoisotopic (exact) mass is 324 g/mol. The van der Waals surface area contributed by atoms with Gasteiger partial charge in [-0.3, -0.25) is 5.10 Å². The molecule has 0 saturated carbocycles. The summed E-state index contributed by atoms with van der Waals surface area (Å²) in [5.41, 5.74) is 2.85. The lowest BCUT2D eigenvalue weighted by molar-refractivity contribution is 0.415. The van der Waals surface area contributed by atoms with E-state index in [1.165, 1.54) is 0 Å². The van der Waals surface area contributed by atoms with Crippen LogP contribution in [0.15, 0.2) is 60.7 Å². The number of hydrogen-bond donors (Lipinski definition) is 3. The lowest BCUT2D eigenvalue weighted by atomic mass is 10.2. The van der Waals surface area contributed by atoms with Crippen LogP contribution in [0.3, 0.4) is 0 Å². The van der Waals surface area contributed by atoms with E-state index in [1.54, 1.807) is 7.11 Å². The van der Waals surface area contributed by atoms with Crippen LogP contribution in [0.1, 0.15) is 0 Å². The van der Waals surface area contributed by atoms with Gasteiger partial charge < -0.3 is 15.4 Å². The van der Waals surface area contributed by atoms with Crippen molar-refractivity contribution in [1.82, 2.24) is 10.2 Å². The van der Waals surface area contributed by atoms with E-state index < -0.39 is 0 Å². The fourth-order valence-electron chi connectivity index (χ4n) is 2.13. The Labute approximate surface area is 139 Å². The largest absolute Gasteiger partial charge is 0.497 e. The van der Waals surface area contributed by atoms with Gasteiger partial charge in [-0.2, -0.15) is 5.10 Å². The van der Waals surface area contributed by atoms with Gasteiger partial charge >= 0.3 is 0 Å². The highest BCUT2D eigenvalue weighted by Crippen LogP contribution is 2.20. The summed E-state index contributed by atoms with van der Waals surface area (Å²) in [7, 11) is 1.63. The molecule has 5 nitrogen and oxygen atoms in total. The number of thiocarbonyl (C=S) groups is 1. The van der Waals surface area contributed by atoms with Crippen LogP contribution in [0.5, 0.6) is 5.75 Å². The quantitative estimate of drug-likeness (QED) is 0.636. The highest BCUT2D eigenvalue weighted by Gasteiger charge is 2.05. The minimum Gasteiger partial charge on any atom is -0.497 e. The minimum atomic E-state index is 0.462. The number of aromatic amines is 1. The van der Waals surface area contributed by atoms with E-state index in [0.29, 0.717) is 10.9 Å². The molecule has 0 fully saturated rings. The lowest BCUT2D eigenvalue weighted by Crippen LogP contribution is -2.19. The molecule has 0 saturated heterocycles. The summed E-state index contributed by atoms with van der Waals surface area (Å²) in [5, 5.41) is 13.8. The smallest absolute Gasteiger partial charge is 0.176 e. The number of methoxy groups -OCH3 is 1. The topological polar surface area (TPSA) is 62.0 Å². The van der Waals surface area contributed by atoms with Crippen molar-refractivity contribution in [2.75, 3.05) is 17.7 Å². The van der Waals surface area contributed by atoms with Crippen LogP contribution in [0.4, 0.5) is 11.5 Å². The maximum Gasteiger partial charge on any atom is 0.176 e. The van der Waals surface area contributed by atoms with Crippen molar-refractivity contribution in [3.05, 3.63) is 60.7 Å². The van der Waals surface area contributed by atoms with Gasteiger partial charge in [-0.25, -0.2) is 0 Å². The van der Waals surface area contributed by atoms with Crippen molar-refractivity contribution in [2.45, 2.75) is 0 Å². The Morgan fingerprint density at radius 1 is 1.04 bits per heavy atom. The van der Waals surface area contributed by atoms with Gasteiger partial charge in [0.15, 0.2) is 10.9 Å². The number of anilines is 2. The Balaban J connectivity index is 1.65. The zero-order valence-corrected chi connectivity index (χ0v) is 13.4. The van der Waals surface area contributed by atoms with Crippen LogP contribution >= 0.6 is 12.2 Å². The summed E-state index contributed by atoms with van der Waals surface area (Å²) in [5.74, 6) is 1.42. The molecule has 0 unspecified atom stereocenters. The first-order valence-electron chi connectivity index (χ1n) is 7.07. The molecule has 3 N–H and O–H groups in total. The molecule has 0 bridgehead atoms. The number of nitrogens with one attached hydrogen (secondary N) is 3. The summed E-state index contributed by atoms with van der Waals surface area (Å²) < 4.78 is 5.19. The molecule has 3 rings (SSSR count). The Bertz CT molecular complexity index is 801. The van der Waals surface area contributed by atoms with E-state index in [9.17, 15) is 0 Å².